The summed E-state index contributed by atoms with van der Waals surface area (Å²) in [5.74, 6) is 0.886. The number of benzene rings is 2. The van der Waals surface area contributed by atoms with Crippen molar-refractivity contribution in [3.8, 4) is 22.8 Å². The van der Waals surface area contributed by atoms with Crippen LogP contribution in [0.15, 0.2) is 47.0 Å². The molecule has 5 heteroatoms. The molecule has 1 heterocycles. The van der Waals surface area contributed by atoms with Crippen molar-refractivity contribution >= 4 is 17.3 Å². The molecule has 20 heavy (non-hydrogen) atoms. The molecule has 0 saturated heterocycles. The third-order valence-electron chi connectivity index (χ3n) is 2.93. The highest BCUT2D eigenvalue weighted by molar-refractivity contribution is 6.33. The molecule has 0 fully saturated rings. The van der Waals surface area contributed by atoms with E-state index in [-0.39, 0.29) is 0 Å². The molecule has 0 aliphatic carbocycles. The van der Waals surface area contributed by atoms with Crippen LogP contribution < -0.4 is 5.73 Å². The lowest BCUT2D eigenvalue weighted by Crippen LogP contribution is -1.86. The predicted octanol–water partition coefficient (Wildman–Crippen LogP) is 3.95. The molecule has 0 amide bonds. The third kappa shape index (κ3) is 2.38. The van der Waals surface area contributed by atoms with Gasteiger partial charge in [-0.3, -0.25) is 0 Å². The number of hydrogen-bond acceptors (Lipinski definition) is 4. The van der Waals surface area contributed by atoms with Crippen LogP contribution in [0.3, 0.4) is 0 Å². The fourth-order valence-corrected chi connectivity index (χ4v) is 2.24. The summed E-state index contributed by atoms with van der Waals surface area (Å²) >= 11 is 6.20. The van der Waals surface area contributed by atoms with Gasteiger partial charge in [0.25, 0.3) is 5.89 Å². The van der Waals surface area contributed by atoms with Crippen LogP contribution in [-0.2, 0) is 0 Å². The fraction of sp³-hybridized carbons (Fsp3) is 0.0667. The second-order valence-electron chi connectivity index (χ2n) is 4.53. The van der Waals surface area contributed by atoms with E-state index in [1.807, 2.05) is 37.3 Å². The maximum atomic E-state index is 6.20. The molecule has 3 rings (SSSR count). The molecule has 0 atom stereocenters. The van der Waals surface area contributed by atoms with E-state index in [9.17, 15) is 0 Å². The fourth-order valence-electron chi connectivity index (χ4n) is 1.92. The maximum Gasteiger partial charge on any atom is 0.259 e. The Labute approximate surface area is 121 Å². The second-order valence-corrected chi connectivity index (χ2v) is 4.94. The Morgan fingerprint density at radius 2 is 2.00 bits per heavy atom. The van der Waals surface area contributed by atoms with Gasteiger partial charge in [-0.1, -0.05) is 35.0 Å². The number of halogens is 1. The maximum absolute atomic E-state index is 6.20. The van der Waals surface area contributed by atoms with Crippen LogP contribution in [0.4, 0.5) is 5.69 Å². The van der Waals surface area contributed by atoms with Gasteiger partial charge in [0.05, 0.1) is 10.6 Å². The van der Waals surface area contributed by atoms with E-state index in [1.54, 1.807) is 12.1 Å². The highest BCUT2D eigenvalue weighted by Gasteiger charge is 2.13. The quantitative estimate of drug-likeness (QED) is 0.724. The van der Waals surface area contributed by atoms with E-state index >= 15 is 0 Å². The van der Waals surface area contributed by atoms with Crippen LogP contribution in [0.2, 0.25) is 5.02 Å². The Morgan fingerprint density at radius 3 is 2.75 bits per heavy atom. The summed E-state index contributed by atoms with van der Waals surface area (Å²) in [5, 5.41) is 4.56. The summed E-state index contributed by atoms with van der Waals surface area (Å²) in [4.78, 5) is 4.36. The molecule has 0 unspecified atom stereocenters. The van der Waals surface area contributed by atoms with Crippen molar-refractivity contribution in [3.05, 3.63) is 53.1 Å². The van der Waals surface area contributed by atoms with E-state index in [4.69, 9.17) is 21.9 Å². The van der Waals surface area contributed by atoms with Crippen molar-refractivity contribution < 1.29 is 4.52 Å². The monoisotopic (exact) mass is 285 g/mol. The first-order valence-corrected chi connectivity index (χ1v) is 6.47. The molecule has 0 aliphatic heterocycles. The Kier molecular flexibility index (Phi) is 3.16. The number of aromatic nitrogens is 2. The van der Waals surface area contributed by atoms with E-state index in [2.05, 4.69) is 10.1 Å². The van der Waals surface area contributed by atoms with Gasteiger partial charge in [-0.2, -0.15) is 4.98 Å². The zero-order valence-electron chi connectivity index (χ0n) is 10.8. The molecule has 0 spiro atoms. The van der Waals surface area contributed by atoms with Crippen LogP contribution in [0.25, 0.3) is 22.8 Å². The van der Waals surface area contributed by atoms with Gasteiger partial charge in [0, 0.05) is 11.3 Å². The highest BCUT2D eigenvalue weighted by atomic mass is 35.5. The van der Waals surface area contributed by atoms with Crippen molar-refractivity contribution in [1.82, 2.24) is 10.1 Å². The molecule has 2 aromatic carbocycles. The minimum absolute atomic E-state index is 0.396. The summed E-state index contributed by atoms with van der Waals surface area (Å²) in [6.07, 6.45) is 0. The van der Waals surface area contributed by atoms with Crippen LogP contribution in [-0.4, -0.2) is 10.1 Å². The smallest absolute Gasteiger partial charge is 0.259 e. The van der Waals surface area contributed by atoms with Gasteiger partial charge in [0.1, 0.15) is 0 Å². The largest absolute Gasteiger partial charge is 0.399 e. The van der Waals surface area contributed by atoms with Gasteiger partial charge in [0.2, 0.25) is 5.82 Å². The van der Waals surface area contributed by atoms with Crippen molar-refractivity contribution in [3.63, 3.8) is 0 Å². The van der Waals surface area contributed by atoms with Crippen molar-refractivity contribution in [2.75, 3.05) is 5.73 Å². The molecular formula is C15H12ClN3O. The number of nitrogens with zero attached hydrogens (tertiary/aromatic N) is 2. The van der Waals surface area contributed by atoms with Crippen LogP contribution in [0, 0.1) is 6.92 Å². The van der Waals surface area contributed by atoms with E-state index in [1.165, 1.54) is 0 Å². The van der Waals surface area contributed by atoms with E-state index in [0.717, 1.165) is 16.7 Å². The molecule has 0 bridgehead atoms. The third-order valence-corrected chi connectivity index (χ3v) is 3.24. The number of anilines is 1. The molecular weight excluding hydrogens is 274 g/mol. The topological polar surface area (TPSA) is 64.9 Å². The molecule has 0 saturated carbocycles. The lowest BCUT2D eigenvalue weighted by molar-refractivity contribution is 0.432. The summed E-state index contributed by atoms with van der Waals surface area (Å²) in [6, 6.07) is 13.0. The first-order valence-electron chi connectivity index (χ1n) is 6.09. The molecule has 0 radical (unpaired) electrons. The summed E-state index contributed by atoms with van der Waals surface area (Å²) < 4.78 is 5.28. The molecule has 4 nitrogen and oxygen atoms in total. The number of nitrogen functional groups attached to an aromatic ring is 1. The Hall–Kier alpha value is -2.33. The summed E-state index contributed by atoms with van der Waals surface area (Å²) in [7, 11) is 0. The average molecular weight is 286 g/mol. The minimum Gasteiger partial charge on any atom is -0.399 e. The Balaban J connectivity index is 2.02. The molecule has 3 aromatic rings. The highest BCUT2D eigenvalue weighted by Crippen LogP contribution is 2.29. The van der Waals surface area contributed by atoms with E-state index < -0.39 is 0 Å². The zero-order chi connectivity index (χ0) is 14.1. The lowest BCUT2D eigenvalue weighted by Gasteiger charge is -1.99. The molecule has 1 aromatic heterocycles. The van der Waals surface area contributed by atoms with Crippen molar-refractivity contribution in [2.45, 2.75) is 6.92 Å². The van der Waals surface area contributed by atoms with Crippen LogP contribution in [0.5, 0.6) is 0 Å². The number of rotatable bonds is 2. The second kappa shape index (κ2) is 4.98. The minimum atomic E-state index is 0.396. The van der Waals surface area contributed by atoms with E-state index in [0.29, 0.717) is 22.4 Å². The molecule has 100 valence electrons. The van der Waals surface area contributed by atoms with Crippen LogP contribution >= 0.6 is 11.6 Å². The zero-order valence-corrected chi connectivity index (χ0v) is 11.6. The van der Waals surface area contributed by atoms with Gasteiger partial charge in [-0.15, -0.1) is 0 Å². The SMILES string of the molecule is Cc1ccc(-c2nc(-c3cccc(N)c3)no2)c(Cl)c1. The predicted molar refractivity (Wildman–Crippen MR) is 79.3 cm³/mol. The molecule has 2 N–H and O–H groups in total. The Morgan fingerprint density at radius 1 is 1.15 bits per heavy atom. The van der Waals surface area contributed by atoms with Gasteiger partial charge >= 0.3 is 0 Å². The standard InChI is InChI=1S/C15H12ClN3O/c1-9-5-6-12(13(16)7-9)15-18-14(19-20-15)10-3-2-4-11(17)8-10/h2-8H,17H2,1H3. The average Bonchev–Trinajstić information content (AvgIpc) is 2.88. The van der Waals surface area contributed by atoms with Gasteiger partial charge in [0.15, 0.2) is 0 Å². The first-order chi connectivity index (χ1) is 9.63. The summed E-state index contributed by atoms with van der Waals surface area (Å²) in [6.45, 7) is 1.97. The summed E-state index contributed by atoms with van der Waals surface area (Å²) in [5.41, 5.74) is 9.01. The lowest BCUT2D eigenvalue weighted by atomic mass is 10.1. The van der Waals surface area contributed by atoms with Crippen molar-refractivity contribution in [2.24, 2.45) is 0 Å². The number of aryl methyl sites for hydroxylation is 1. The van der Waals surface area contributed by atoms with Crippen molar-refractivity contribution in [1.29, 1.82) is 0 Å². The Bertz CT molecular complexity index is 767. The number of hydrogen-bond donors (Lipinski definition) is 1. The first kappa shape index (κ1) is 12.7. The van der Waals surface area contributed by atoms with Gasteiger partial charge in [-0.05, 0) is 36.8 Å². The molecule has 0 aliphatic rings. The normalized spacial score (nSPS) is 10.7. The van der Waals surface area contributed by atoms with Crippen LogP contribution in [0.1, 0.15) is 5.56 Å². The van der Waals surface area contributed by atoms with Gasteiger partial charge < -0.3 is 10.3 Å². The number of nitrogens with two attached hydrogens (primary N) is 1. The van der Waals surface area contributed by atoms with Gasteiger partial charge in [-0.25, -0.2) is 0 Å².